The molecule has 0 aromatic heterocycles. The molecule has 1 aliphatic rings. The monoisotopic (exact) mass is 267 g/mol. The zero-order valence-corrected chi connectivity index (χ0v) is 9.59. The Morgan fingerprint density at radius 2 is 1.94 bits per heavy atom. The van der Waals surface area contributed by atoms with Gasteiger partial charge < -0.3 is 19.8 Å². The third kappa shape index (κ3) is 3.88. The number of hydrogen-bond donors (Lipinski definition) is 2. The smallest absolute Gasteiger partial charge is 0.332 e. The van der Waals surface area contributed by atoms with E-state index in [1.54, 1.807) is 0 Å². The number of rotatable bonds is 6. The molecule has 1 heterocycles. The van der Waals surface area contributed by atoms with Crippen LogP contribution in [0.5, 0.6) is 0 Å². The van der Waals surface area contributed by atoms with Crippen LogP contribution in [0, 0.1) is 0 Å². The van der Waals surface area contributed by atoms with Crippen LogP contribution in [0.4, 0.5) is 8.78 Å². The molecule has 0 unspecified atom stereocenters. The van der Waals surface area contributed by atoms with Crippen molar-refractivity contribution in [2.75, 3.05) is 19.7 Å². The molecule has 8 heteroatoms. The van der Waals surface area contributed by atoms with Gasteiger partial charge in [-0.05, 0) is 12.8 Å². The molecule has 1 fully saturated rings. The summed E-state index contributed by atoms with van der Waals surface area (Å²) < 4.78 is 29.5. The minimum Gasteiger partial charge on any atom is -0.479 e. The summed E-state index contributed by atoms with van der Waals surface area (Å²) in [5.74, 6) is -1.87. The van der Waals surface area contributed by atoms with E-state index in [-0.39, 0.29) is 19.4 Å². The maximum Gasteiger partial charge on any atom is 0.332 e. The van der Waals surface area contributed by atoms with Gasteiger partial charge in [0.15, 0.2) is 6.10 Å². The number of nitrogens with zero attached hydrogens (tertiary/aromatic N) is 1. The Kier molecular flexibility index (Phi) is 5.42. The lowest BCUT2D eigenvalue weighted by Crippen LogP contribution is -2.43. The van der Waals surface area contributed by atoms with E-state index < -0.39 is 43.7 Å². The highest BCUT2D eigenvalue weighted by Gasteiger charge is 2.37. The van der Waals surface area contributed by atoms with Crippen LogP contribution in [0.2, 0.25) is 0 Å². The van der Waals surface area contributed by atoms with Gasteiger partial charge in [0, 0.05) is 6.54 Å². The second kappa shape index (κ2) is 6.60. The molecule has 1 amide bonds. The maximum atomic E-state index is 12.2. The van der Waals surface area contributed by atoms with Gasteiger partial charge in [-0.1, -0.05) is 0 Å². The fourth-order valence-electron chi connectivity index (χ4n) is 1.78. The molecule has 0 aromatic rings. The van der Waals surface area contributed by atoms with Gasteiger partial charge in [0.1, 0.15) is 6.10 Å². The summed E-state index contributed by atoms with van der Waals surface area (Å²) >= 11 is 0. The molecule has 6 nitrogen and oxygen atoms in total. The van der Waals surface area contributed by atoms with Crippen LogP contribution < -0.4 is 0 Å². The highest BCUT2D eigenvalue weighted by atomic mass is 19.3. The van der Waals surface area contributed by atoms with Crippen LogP contribution in [-0.4, -0.2) is 65.3 Å². The number of carboxylic acids is 1. The molecule has 18 heavy (non-hydrogen) atoms. The van der Waals surface area contributed by atoms with Crippen molar-refractivity contribution in [3.05, 3.63) is 0 Å². The first kappa shape index (κ1) is 14.8. The fourth-order valence-corrected chi connectivity index (χ4v) is 1.78. The molecule has 2 N–H and O–H groups in total. The van der Waals surface area contributed by atoms with E-state index in [1.807, 2.05) is 0 Å². The predicted molar refractivity (Wildman–Crippen MR) is 55.2 cm³/mol. The van der Waals surface area contributed by atoms with Crippen molar-refractivity contribution < 1.29 is 33.3 Å². The zero-order chi connectivity index (χ0) is 13.7. The quantitative estimate of drug-likeness (QED) is 0.690. The highest BCUT2D eigenvalue weighted by Crippen LogP contribution is 2.21. The van der Waals surface area contributed by atoms with Crippen molar-refractivity contribution in [1.82, 2.24) is 4.90 Å². The van der Waals surface area contributed by atoms with E-state index in [9.17, 15) is 18.4 Å². The summed E-state index contributed by atoms with van der Waals surface area (Å²) in [6.07, 6.45) is -4.44. The Hall–Kier alpha value is -1.28. The number of carboxylic acid groups (broad SMARTS) is 1. The third-order valence-corrected chi connectivity index (χ3v) is 2.61. The summed E-state index contributed by atoms with van der Waals surface area (Å²) in [5, 5.41) is 17.4. The van der Waals surface area contributed by atoms with E-state index in [4.69, 9.17) is 14.9 Å². The fraction of sp³-hybridized carbons (Fsp3) is 0.800. The molecule has 0 aliphatic carbocycles. The van der Waals surface area contributed by atoms with Gasteiger partial charge in [0.05, 0.1) is 13.2 Å². The molecule has 0 saturated carbocycles. The van der Waals surface area contributed by atoms with Gasteiger partial charge in [-0.3, -0.25) is 4.79 Å². The van der Waals surface area contributed by atoms with Crippen LogP contribution in [0.3, 0.4) is 0 Å². The van der Waals surface area contributed by atoms with Crippen molar-refractivity contribution in [2.24, 2.45) is 0 Å². The van der Waals surface area contributed by atoms with Crippen molar-refractivity contribution in [1.29, 1.82) is 0 Å². The number of carbonyl (C=O) groups is 2. The average molecular weight is 267 g/mol. The lowest BCUT2D eigenvalue weighted by Gasteiger charge is -2.24. The van der Waals surface area contributed by atoms with Crippen molar-refractivity contribution >= 4 is 11.9 Å². The number of carbonyl (C=O) groups excluding carboxylic acids is 1. The Bertz CT molecular complexity index is 313. The number of aliphatic carboxylic acids is 1. The van der Waals surface area contributed by atoms with Crippen LogP contribution in [0.1, 0.15) is 12.8 Å². The standard InChI is InChI=1S/C10H15F2NO5/c11-8(12)5-13(3-4-14)9(15)6-1-2-7(18-6)10(16)17/h6-8,14H,1-5H2,(H,16,17)/t6-,7+/m0/s1. The summed E-state index contributed by atoms with van der Waals surface area (Å²) in [5.41, 5.74) is 0. The molecule has 2 atom stereocenters. The SMILES string of the molecule is O=C(O)[C@H]1CC[C@@H](C(=O)N(CCO)CC(F)F)O1. The first-order valence-corrected chi connectivity index (χ1v) is 5.51. The van der Waals surface area contributed by atoms with Crippen LogP contribution in [-0.2, 0) is 14.3 Å². The third-order valence-electron chi connectivity index (χ3n) is 2.61. The van der Waals surface area contributed by atoms with E-state index in [0.29, 0.717) is 0 Å². The molecule has 0 spiro atoms. The number of aliphatic hydroxyl groups excluding tert-OH is 1. The molecular weight excluding hydrogens is 252 g/mol. The average Bonchev–Trinajstić information content (AvgIpc) is 2.76. The molecular formula is C10H15F2NO5. The van der Waals surface area contributed by atoms with Crippen molar-refractivity contribution in [2.45, 2.75) is 31.5 Å². The first-order chi connectivity index (χ1) is 8.45. The minimum atomic E-state index is -2.71. The zero-order valence-electron chi connectivity index (χ0n) is 9.59. The normalized spacial score (nSPS) is 23.3. The van der Waals surface area contributed by atoms with Gasteiger partial charge in [0.25, 0.3) is 12.3 Å². The van der Waals surface area contributed by atoms with Gasteiger partial charge in [-0.2, -0.15) is 0 Å². The Labute approximate surface area is 102 Å². The first-order valence-electron chi connectivity index (χ1n) is 5.51. The van der Waals surface area contributed by atoms with Crippen LogP contribution >= 0.6 is 0 Å². The molecule has 0 bridgehead atoms. The topological polar surface area (TPSA) is 87.1 Å². The largest absolute Gasteiger partial charge is 0.479 e. The Morgan fingerprint density at radius 3 is 2.39 bits per heavy atom. The summed E-state index contributed by atoms with van der Waals surface area (Å²) in [6, 6.07) is 0. The number of aliphatic hydroxyl groups is 1. The van der Waals surface area contributed by atoms with E-state index in [2.05, 4.69) is 0 Å². The van der Waals surface area contributed by atoms with Crippen molar-refractivity contribution in [3.63, 3.8) is 0 Å². The molecule has 0 radical (unpaired) electrons. The van der Waals surface area contributed by atoms with Gasteiger partial charge in [0.2, 0.25) is 0 Å². The number of amides is 1. The summed E-state index contributed by atoms with van der Waals surface area (Å²) in [7, 11) is 0. The molecule has 1 aliphatic heterocycles. The van der Waals surface area contributed by atoms with E-state index in [0.717, 1.165) is 4.90 Å². The highest BCUT2D eigenvalue weighted by molar-refractivity contribution is 5.82. The molecule has 104 valence electrons. The van der Waals surface area contributed by atoms with Crippen molar-refractivity contribution in [3.8, 4) is 0 Å². The summed E-state index contributed by atoms with van der Waals surface area (Å²) in [6.45, 7) is -1.45. The van der Waals surface area contributed by atoms with Crippen LogP contribution in [0.25, 0.3) is 0 Å². The number of halogens is 2. The number of alkyl halides is 2. The van der Waals surface area contributed by atoms with Gasteiger partial charge >= 0.3 is 5.97 Å². The number of hydrogen-bond acceptors (Lipinski definition) is 4. The maximum absolute atomic E-state index is 12.2. The lowest BCUT2D eigenvalue weighted by atomic mass is 10.2. The second-order valence-electron chi connectivity index (χ2n) is 3.93. The Morgan fingerprint density at radius 1 is 1.33 bits per heavy atom. The predicted octanol–water partition coefficient (Wildman–Crippen LogP) is -0.295. The molecule has 0 aromatic carbocycles. The van der Waals surface area contributed by atoms with E-state index >= 15 is 0 Å². The minimum absolute atomic E-state index is 0.174. The second-order valence-corrected chi connectivity index (χ2v) is 3.93. The van der Waals surface area contributed by atoms with E-state index in [1.165, 1.54) is 0 Å². The van der Waals surface area contributed by atoms with Gasteiger partial charge in [-0.15, -0.1) is 0 Å². The molecule has 1 rings (SSSR count). The number of ether oxygens (including phenoxy) is 1. The van der Waals surface area contributed by atoms with Crippen LogP contribution in [0.15, 0.2) is 0 Å². The van der Waals surface area contributed by atoms with Gasteiger partial charge in [-0.25, -0.2) is 13.6 Å². The lowest BCUT2D eigenvalue weighted by molar-refractivity contribution is -0.155. The molecule has 1 saturated heterocycles. The Balaban J connectivity index is 2.58. The summed E-state index contributed by atoms with van der Waals surface area (Å²) in [4.78, 5) is 23.2.